The van der Waals surface area contributed by atoms with Crippen LogP contribution in [0.4, 0.5) is 0 Å². The van der Waals surface area contributed by atoms with Gasteiger partial charge in [0.25, 0.3) is 0 Å². The molecule has 1 atom stereocenters. The van der Waals surface area contributed by atoms with Crippen molar-refractivity contribution in [1.82, 2.24) is 10.9 Å². The molecule has 86 valence electrons. The number of benzene rings is 1. The Labute approximate surface area is 93.4 Å². The van der Waals surface area contributed by atoms with E-state index in [1.807, 2.05) is 30.3 Å². The summed E-state index contributed by atoms with van der Waals surface area (Å²) in [5.41, 5.74) is 5.64. The first kappa shape index (κ1) is 12.2. The van der Waals surface area contributed by atoms with Crippen molar-refractivity contribution < 1.29 is 14.7 Å². The van der Waals surface area contributed by atoms with Crippen LogP contribution in [0.5, 0.6) is 0 Å². The van der Waals surface area contributed by atoms with Crippen LogP contribution in [-0.2, 0) is 16.0 Å². The number of hydrogen-bond acceptors (Lipinski definition) is 3. The number of carbonyl (C=O) groups is 2. The number of carboxylic acids is 1. The number of rotatable bonds is 5. The van der Waals surface area contributed by atoms with Gasteiger partial charge in [-0.2, -0.15) is 0 Å². The van der Waals surface area contributed by atoms with Gasteiger partial charge in [0.15, 0.2) is 0 Å². The number of hydrazine groups is 1. The van der Waals surface area contributed by atoms with Crippen LogP contribution in [0, 0.1) is 0 Å². The van der Waals surface area contributed by atoms with Gasteiger partial charge in [0.1, 0.15) is 6.04 Å². The van der Waals surface area contributed by atoms with E-state index in [0.717, 1.165) is 5.56 Å². The second kappa shape index (κ2) is 5.87. The number of hydrogen-bond donors (Lipinski definition) is 3. The van der Waals surface area contributed by atoms with Crippen LogP contribution in [0.2, 0.25) is 0 Å². The molecule has 0 aliphatic carbocycles. The summed E-state index contributed by atoms with van der Waals surface area (Å²) < 4.78 is 0. The molecule has 0 heterocycles. The Morgan fingerprint density at radius 1 is 1.31 bits per heavy atom. The summed E-state index contributed by atoms with van der Waals surface area (Å²) in [7, 11) is 0. The standard InChI is InChI=1S/C11H14N2O3/c1-8(14)12-13-10(11(15)16)7-9-5-3-2-4-6-9/h2-6,10,13H,7H2,1H3,(H,12,14)(H,15,16). The van der Waals surface area contributed by atoms with Gasteiger partial charge in [0, 0.05) is 13.3 Å². The van der Waals surface area contributed by atoms with Crippen molar-refractivity contribution in [2.75, 3.05) is 0 Å². The average Bonchev–Trinajstić information content (AvgIpc) is 2.25. The predicted molar refractivity (Wildman–Crippen MR) is 58.5 cm³/mol. The summed E-state index contributed by atoms with van der Waals surface area (Å²) in [4.78, 5) is 21.6. The first-order chi connectivity index (χ1) is 7.59. The van der Waals surface area contributed by atoms with Gasteiger partial charge >= 0.3 is 5.97 Å². The molecule has 1 amide bonds. The van der Waals surface area contributed by atoms with Crippen molar-refractivity contribution >= 4 is 11.9 Å². The van der Waals surface area contributed by atoms with E-state index in [9.17, 15) is 9.59 Å². The summed E-state index contributed by atoms with van der Waals surface area (Å²) in [5.74, 6) is -1.32. The summed E-state index contributed by atoms with van der Waals surface area (Å²) >= 11 is 0. The molecule has 0 bridgehead atoms. The van der Waals surface area contributed by atoms with Gasteiger partial charge in [0.05, 0.1) is 0 Å². The first-order valence-electron chi connectivity index (χ1n) is 4.88. The van der Waals surface area contributed by atoms with E-state index in [1.165, 1.54) is 6.92 Å². The fraction of sp³-hybridized carbons (Fsp3) is 0.273. The monoisotopic (exact) mass is 222 g/mol. The van der Waals surface area contributed by atoms with E-state index in [4.69, 9.17) is 5.11 Å². The molecule has 0 fully saturated rings. The SMILES string of the molecule is CC(=O)NNC(Cc1ccccc1)C(=O)O. The highest BCUT2D eigenvalue weighted by Gasteiger charge is 2.17. The second-order valence-electron chi connectivity index (χ2n) is 3.41. The molecule has 0 aromatic heterocycles. The van der Waals surface area contributed by atoms with Crippen LogP contribution >= 0.6 is 0 Å². The van der Waals surface area contributed by atoms with Crippen LogP contribution in [0.1, 0.15) is 12.5 Å². The van der Waals surface area contributed by atoms with E-state index in [0.29, 0.717) is 6.42 Å². The molecular formula is C11H14N2O3. The molecule has 16 heavy (non-hydrogen) atoms. The Morgan fingerprint density at radius 2 is 1.94 bits per heavy atom. The van der Waals surface area contributed by atoms with Crippen molar-refractivity contribution in [2.45, 2.75) is 19.4 Å². The molecule has 5 heteroatoms. The number of carboxylic acid groups (broad SMARTS) is 1. The van der Waals surface area contributed by atoms with Crippen molar-refractivity contribution in [2.24, 2.45) is 0 Å². The molecule has 5 nitrogen and oxygen atoms in total. The normalized spacial score (nSPS) is 11.8. The molecule has 1 rings (SSSR count). The Morgan fingerprint density at radius 3 is 2.44 bits per heavy atom. The maximum atomic E-state index is 10.9. The van der Waals surface area contributed by atoms with Crippen LogP contribution in [0.3, 0.4) is 0 Å². The smallest absolute Gasteiger partial charge is 0.322 e. The van der Waals surface area contributed by atoms with Gasteiger partial charge in [-0.15, -0.1) is 0 Å². The van der Waals surface area contributed by atoms with E-state index in [-0.39, 0.29) is 5.91 Å². The molecule has 1 aromatic rings. The third-order valence-corrected chi connectivity index (χ3v) is 2.00. The molecule has 1 unspecified atom stereocenters. The third-order valence-electron chi connectivity index (χ3n) is 2.00. The number of carbonyl (C=O) groups excluding carboxylic acids is 1. The van der Waals surface area contributed by atoms with Gasteiger partial charge < -0.3 is 5.11 Å². The van der Waals surface area contributed by atoms with Crippen molar-refractivity contribution in [3.8, 4) is 0 Å². The topological polar surface area (TPSA) is 78.4 Å². The lowest BCUT2D eigenvalue weighted by atomic mass is 10.1. The Balaban J connectivity index is 2.58. The largest absolute Gasteiger partial charge is 0.480 e. The number of amides is 1. The first-order valence-corrected chi connectivity index (χ1v) is 4.88. The minimum Gasteiger partial charge on any atom is -0.480 e. The van der Waals surface area contributed by atoms with Crippen LogP contribution < -0.4 is 10.9 Å². The maximum Gasteiger partial charge on any atom is 0.322 e. The average molecular weight is 222 g/mol. The minimum absolute atomic E-state index is 0.316. The van der Waals surface area contributed by atoms with Crippen LogP contribution in [0.15, 0.2) is 30.3 Å². The van der Waals surface area contributed by atoms with Crippen LogP contribution in [0.25, 0.3) is 0 Å². The van der Waals surface area contributed by atoms with E-state index >= 15 is 0 Å². The molecule has 0 saturated carbocycles. The zero-order valence-electron chi connectivity index (χ0n) is 8.93. The fourth-order valence-electron chi connectivity index (χ4n) is 1.24. The lowest BCUT2D eigenvalue weighted by molar-refractivity contribution is -0.140. The van der Waals surface area contributed by atoms with Crippen molar-refractivity contribution in [3.63, 3.8) is 0 Å². The highest BCUT2D eigenvalue weighted by molar-refractivity contribution is 5.76. The molecular weight excluding hydrogens is 208 g/mol. The Hall–Kier alpha value is -1.88. The summed E-state index contributed by atoms with van der Waals surface area (Å²) in [6.45, 7) is 1.31. The van der Waals surface area contributed by atoms with E-state index in [1.54, 1.807) is 0 Å². The second-order valence-corrected chi connectivity index (χ2v) is 3.41. The molecule has 0 radical (unpaired) electrons. The van der Waals surface area contributed by atoms with E-state index in [2.05, 4.69) is 10.9 Å². The number of nitrogens with one attached hydrogen (secondary N) is 2. The third kappa shape index (κ3) is 4.10. The molecule has 1 aromatic carbocycles. The van der Waals surface area contributed by atoms with Crippen LogP contribution in [-0.4, -0.2) is 23.0 Å². The van der Waals surface area contributed by atoms with Gasteiger partial charge in [-0.3, -0.25) is 15.0 Å². The molecule has 3 N–H and O–H groups in total. The predicted octanol–water partition coefficient (Wildman–Crippen LogP) is 0.323. The molecule has 0 aliphatic heterocycles. The quantitative estimate of drug-likeness (QED) is 0.627. The zero-order valence-corrected chi connectivity index (χ0v) is 8.93. The van der Waals surface area contributed by atoms with Gasteiger partial charge in [0.2, 0.25) is 5.91 Å². The van der Waals surface area contributed by atoms with Gasteiger partial charge in [-0.25, -0.2) is 5.43 Å². The van der Waals surface area contributed by atoms with Gasteiger partial charge in [-0.05, 0) is 5.56 Å². The Bertz CT molecular complexity index is 365. The minimum atomic E-state index is -1.00. The fourth-order valence-corrected chi connectivity index (χ4v) is 1.24. The lowest BCUT2D eigenvalue weighted by Crippen LogP contribution is -2.48. The van der Waals surface area contributed by atoms with Gasteiger partial charge in [-0.1, -0.05) is 30.3 Å². The summed E-state index contributed by atoms with van der Waals surface area (Å²) in [6.07, 6.45) is 0.316. The highest BCUT2D eigenvalue weighted by Crippen LogP contribution is 2.02. The van der Waals surface area contributed by atoms with E-state index < -0.39 is 12.0 Å². The molecule has 0 aliphatic rings. The number of aliphatic carboxylic acids is 1. The zero-order chi connectivity index (χ0) is 12.0. The highest BCUT2D eigenvalue weighted by atomic mass is 16.4. The summed E-state index contributed by atoms with van der Waals surface area (Å²) in [6, 6.07) is 8.39. The molecule has 0 saturated heterocycles. The maximum absolute atomic E-state index is 10.9. The Kier molecular flexibility index (Phi) is 4.47. The lowest BCUT2D eigenvalue weighted by Gasteiger charge is -2.14. The van der Waals surface area contributed by atoms with Crippen molar-refractivity contribution in [3.05, 3.63) is 35.9 Å². The van der Waals surface area contributed by atoms with Crippen molar-refractivity contribution in [1.29, 1.82) is 0 Å². The summed E-state index contributed by atoms with van der Waals surface area (Å²) in [5, 5.41) is 8.93. The molecule has 0 spiro atoms.